The van der Waals surface area contributed by atoms with E-state index >= 15 is 0 Å². The minimum Gasteiger partial charge on any atom is -0.493 e. The maximum Gasteiger partial charge on any atom is 0.311 e. The van der Waals surface area contributed by atoms with Crippen molar-refractivity contribution < 1.29 is 24.1 Å². The molecule has 0 spiro atoms. The highest BCUT2D eigenvalue weighted by Crippen LogP contribution is 2.43. The van der Waals surface area contributed by atoms with Gasteiger partial charge in [-0.2, -0.15) is 0 Å². The van der Waals surface area contributed by atoms with Gasteiger partial charge in [-0.3, -0.25) is 9.69 Å². The number of fused-ring (bicyclic) bond motifs is 3. The topological polar surface area (TPSA) is 68.2 Å². The second-order valence-corrected chi connectivity index (χ2v) is 6.33. The largest absolute Gasteiger partial charge is 0.493 e. The van der Waals surface area contributed by atoms with Crippen molar-refractivity contribution in [2.75, 3.05) is 33.9 Å². The zero-order valence-corrected chi connectivity index (χ0v) is 14.4. The van der Waals surface area contributed by atoms with Crippen molar-refractivity contribution >= 4 is 5.97 Å². The van der Waals surface area contributed by atoms with Gasteiger partial charge in [0, 0.05) is 19.1 Å². The second-order valence-electron chi connectivity index (χ2n) is 6.33. The van der Waals surface area contributed by atoms with Crippen molar-refractivity contribution in [3.05, 3.63) is 23.3 Å². The molecule has 3 rings (SSSR count). The molecule has 3 atom stereocenters. The van der Waals surface area contributed by atoms with Crippen LogP contribution in [0, 0.1) is 5.92 Å². The first-order valence-corrected chi connectivity index (χ1v) is 8.42. The standard InChI is InChI=1S/C18H25NO5/c1-4-24-18(21)13-8-14-12-9-17(23-3)16(22-2)7-11(12)5-6-19(14)10-15(13)20/h7,9,13-15,20H,4-6,8,10H2,1-3H3/t13-,14+,15-/m1/s1. The third-order valence-electron chi connectivity index (χ3n) is 5.07. The van der Waals surface area contributed by atoms with Crippen LogP contribution in [0.2, 0.25) is 0 Å². The van der Waals surface area contributed by atoms with Gasteiger partial charge in [-0.1, -0.05) is 0 Å². The number of nitrogens with zero attached hydrogens (tertiary/aromatic N) is 1. The zero-order valence-electron chi connectivity index (χ0n) is 14.4. The Morgan fingerprint density at radius 2 is 2.00 bits per heavy atom. The smallest absolute Gasteiger partial charge is 0.311 e. The summed E-state index contributed by atoms with van der Waals surface area (Å²) in [5.41, 5.74) is 2.37. The monoisotopic (exact) mass is 335 g/mol. The molecule has 2 heterocycles. The first kappa shape index (κ1) is 17.0. The highest BCUT2D eigenvalue weighted by molar-refractivity contribution is 5.73. The van der Waals surface area contributed by atoms with E-state index in [1.54, 1.807) is 21.1 Å². The van der Waals surface area contributed by atoms with Gasteiger partial charge < -0.3 is 19.3 Å². The molecule has 2 aliphatic heterocycles. The van der Waals surface area contributed by atoms with E-state index in [0.29, 0.717) is 25.3 Å². The Balaban J connectivity index is 1.92. The fourth-order valence-corrected chi connectivity index (χ4v) is 3.84. The normalized spacial score (nSPS) is 26.2. The van der Waals surface area contributed by atoms with Crippen molar-refractivity contribution in [2.24, 2.45) is 5.92 Å². The van der Waals surface area contributed by atoms with Gasteiger partial charge in [0.05, 0.1) is 32.8 Å². The molecule has 1 aromatic carbocycles. The lowest BCUT2D eigenvalue weighted by Crippen LogP contribution is -2.50. The van der Waals surface area contributed by atoms with Crippen LogP contribution in [0.3, 0.4) is 0 Å². The van der Waals surface area contributed by atoms with Crippen LogP contribution in [-0.2, 0) is 16.0 Å². The maximum absolute atomic E-state index is 12.2. The second kappa shape index (κ2) is 6.99. The molecule has 6 nitrogen and oxygen atoms in total. The fraction of sp³-hybridized carbons (Fsp3) is 0.611. The highest BCUT2D eigenvalue weighted by atomic mass is 16.5. The van der Waals surface area contributed by atoms with Crippen LogP contribution in [0.15, 0.2) is 12.1 Å². The van der Waals surface area contributed by atoms with E-state index in [4.69, 9.17) is 14.2 Å². The molecule has 1 N–H and O–H groups in total. The summed E-state index contributed by atoms with van der Waals surface area (Å²) < 4.78 is 16.0. The summed E-state index contributed by atoms with van der Waals surface area (Å²) in [5.74, 6) is 0.627. The number of aliphatic hydroxyl groups is 1. The summed E-state index contributed by atoms with van der Waals surface area (Å²) in [6, 6.07) is 4.12. The number of benzene rings is 1. The van der Waals surface area contributed by atoms with Crippen LogP contribution in [-0.4, -0.2) is 56.0 Å². The quantitative estimate of drug-likeness (QED) is 0.842. The predicted molar refractivity (Wildman–Crippen MR) is 88.3 cm³/mol. The number of ether oxygens (including phenoxy) is 3. The van der Waals surface area contributed by atoms with Crippen LogP contribution in [0.1, 0.15) is 30.5 Å². The van der Waals surface area contributed by atoms with Gasteiger partial charge >= 0.3 is 5.97 Å². The van der Waals surface area contributed by atoms with Gasteiger partial charge in [-0.15, -0.1) is 0 Å². The SMILES string of the molecule is CCOC(=O)[C@@H]1C[C@H]2c3cc(OC)c(OC)cc3CCN2C[C@H]1O. The maximum atomic E-state index is 12.2. The highest BCUT2D eigenvalue weighted by Gasteiger charge is 2.42. The number of carbonyl (C=O) groups excluding carboxylic acids is 1. The minimum atomic E-state index is -0.679. The van der Waals surface area contributed by atoms with Gasteiger partial charge in [0.15, 0.2) is 11.5 Å². The average Bonchev–Trinajstić information content (AvgIpc) is 2.59. The van der Waals surface area contributed by atoms with E-state index in [0.717, 1.165) is 24.3 Å². The van der Waals surface area contributed by atoms with Gasteiger partial charge in [0.25, 0.3) is 0 Å². The molecule has 0 radical (unpaired) electrons. The summed E-state index contributed by atoms with van der Waals surface area (Å²) in [7, 11) is 3.25. The van der Waals surface area contributed by atoms with Crippen LogP contribution < -0.4 is 9.47 Å². The molecular weight excluding hydrogens is 310 g/mol. The van der Waals surface area contributed by atoms with E-state index in [1.165, 1.54) is 5.56 Å². The van der Waals surface area contributed by atoms with Gasteiger partial charge in [0.2, 0.25) is 0 Å². The van der Waals surface area contributed by atoms with Gasteiger partial charge in [-0.05, 0) is 43.0 Å². The zero-order chi connectivity index (χ0) is 17.3. The Morgan fingerprint density at radius 3 is 2.67 bits per heavy atom. The third-order valence-corrected chi connectivity index (χ3v) is 5.07. The molecule has 0 aliphatic carbocycles. The van der Waals surface area contributed by atoms with Crippen molar-refractivity contribution in [1.82, 2.24) is 4.90 Å². The summed E-state index contributed by atoms with van der Waals surface area (Å²) in [4.78, 5) is 14.4. The van der Waals surface area contributed by atoms with Crippen molar-refractivity contribution in [2.45, 2.75) is 31.9 Å². The minimum absolute atomic E-state index is 0.0892. The Kier molecular flexibility index (Phi) is 4.96. The molecule has 0 unspecified atom stereocenters. The number of esters is 1. The van der Waals surface area contributed by atoms with Crippen molar-refractivity contribution in [3.63, 3.8) is 0 Å². The Morgan fingerprint density at radius 1 is 1.29 bits per heavy atom. The van der Waals surface area contributed by atoms with Crippen LogP contribution >= 0.6 is 0 Å². The Bertz CT molecular complexity index is 618. The number of hydrogen-bond acceptors (Lipinski definition) is 6. The van der Waals surface area contributed by atoms with E-state index in [1.807, 2.05) is 12.1 Å². The third kappa shape index (κ3) is 2.96. The molecule has 1 fully saturated rings. The van der Waals surface area contributed by atoms with E-state index in [9.17, 15) is 9.90 Å². The number of carbonyl (C=O) groups is 1. The van der Waals surface area contributed by atoms with E-state index in [-0.39, 0.29) is 12.0 Å². The molecule has 0 saturated carbocycles. The Hall–Kier alpha value is -1.79. The van der Waals surface area contributed by atoms with Crippen LogP contribution in [0.5, 0.6) is 11.5 Å². The predicted octanol–water partition coefficient (Wildman–Crippen LogP) is 1.55. The summed E-state index contributed by atoms with van der Waals surface area (Å²) in [6.45, 7) is 3.46. The molecular formula is C18H25NO5. The van der Waals surface area contributed by atoms with E-state index < -0.39 is 12.0 Å². The van der Waals surface area contributed by atoms with E-state index in [2.05, 4.69) is 4.90 Å². The molecule has 2 aliphatic rings. The van der Waals surface area contributed by atoms with Crippen molar-refractivity contribution in [3.8, 4) is 11.5 Å². The summed E-state index contributed by atoms with van der Waals surface area (Å²) in [5, 5.41) is 10.3. The Labute approximate surface area is 142 Å². The molecule has 0 bridgehead atoms. The lowest BCUT2D eigenvalue weighted by molar-refractivity contribution is -0.157. The molecule has 1 aromatic rings. The van der Waals surface area contributed by atoms with Crippen molar-refractivity contribution in [1.29, 1.82) is 0 Å². The molecule has 24 heavy (non-hydrogen) atoms. The lowest BCUT2D eigenvalue weighted by Gasteiger charge is -2.45. The molecule has 0 amide bonds. The number of hydrogen-bond donors (Lipinski definition) is 1. The van der Waals surface area contributed by atoms with Crippen LogP contribution in [0.4, 0.5) is 0 Å². The fourth-order valence-electron chi connectivity index (χ4n) is 3.84. The first-order chi connectivity index (χ1) is 11.6. The van der Waals surface area contributed by atoms with Crippen LogP contribution in [0.25, 0.3) is 0 Å². The molecule has 1 saturated heterocycles. The molecule has 0 aromatic heterocycles. The number of rotatable bonds is 4. The summed E-state index contributed by atoms with van der Waals surface area (Å²) >= 11 is 0. The average molecular weight is 335 g/mol. The number of methoxy groups -OCH3 is 2. The molecule has 6 heteroatoms. The summed E-state index contributed by atoms with van der Waals surface area (Å²) in [6.07, 6.45) is 0.771. The lowest BCUT2D eigenvalue weighted by atomic mass is 9.80. The number of piperidine rings is 1. The van der Waals surface area contributed by atoms with Gasteiger partial charge in [0.1, 0.15) is 0 Å². The van der Waals surface area contributed by atoms with Gasteiger partial charge in [-0.25, -0.2) is 0 Å². The number of aliphatic hydroxyl groups excluding tert-OH is 1. The first-order valence-electron chi connectivity index (χ1n) is 8.42. The molecule has 132 valence electrons.